The fraction of sp³-hybridized carbons (Fsp3) is 0.914. The van der Waals surface area contributed by atoms with E-state index >= 15 is 0 Å². The summed E-state index contributed by atoms with van der Waals surface area (Å²) in [5, 5.41) is 54.7. The van der Waals surface area contributed by atoms with Crippen LogP contribution < -0.4 is 5.32 Å². The normalized spacial score (nSPS) is 23.5. The molecule has 290 valence electrons. The third kappa shape index (κ3) is 21.0. The minimum Gasteiger partial charge on any atom is -0.394 e. The quantitative estimate of drug-likeness (QED) is 0.0315. The topological polar surface area (TPSA) is 212 Å². The van der Waals surface area contributed by atoms with Crippen LogP contribution in [0.5, 0.6) is 0 Å². The van der Waals surface area contributed by atoms with E-state index in [-0.39, 0.29) is 6.42 Å². The lowest BCUT2D eigenvalue weighted by Gasteiger charge is -2.41. The monoisotopic (exact) mass is 725 g/mol. The zero-order valence-corrected chi connectivity index (χ0v) is 30.7. The molecule has 1 rings (SSSR count). The molecule has 8 unspecified atom stereocenters. The molecular formula is C35H67NO12S. The third-order valence-electron chi connectivity index (χ3n) is 8.93. The van der Waals surface area contributed by atoms with Crippen molar-refractivity contribution in [2.75, 3.05) is 13.2 Å². The number of carbonyl (C=O) groups is 1. The fourth-order valence-corrected chi connectivity index (χ4v) is 6.38. The van der Waals surface area contributed by atoms with Crippen molar-refractivity contribution in [2.45, 2.75) is 191 Å². The summed E-state index contributed by atoms with van der Waals surface area (Å²) in [6, 6.07) is -1.11. The van der Waals surface area contributed by atoms with Crippen LogP contribution in [0.1, 0.15) is 142 Å². The van der Waals surface area contributed by atoms with Crippen molar-refractivity contribution in [2.24, 2.45) is 0 Å². The van der Waals surface area contributed by atoms with E-state index < -0.39 is 78.5 Å². The van der Waals surface area contributed by atoms with Gasteiger partial charge < -0.3 is 40.3 Å². The number of hydrogen-bond donors (Lipinski definition) is 7. The Bertz CT molecular complexity index is 968. The van der Waals surface area contributed by atoms with Crippen molar-refractivity contribution >= 4 is 16.3 Å². The summed E-state index contributed by atoms with van der Waals surface area (Å²) in [4.78, 5) is 12.9. The molecule has 7 N–H and O–H groups in total. The highest BCUT2D eigenvalue weighted by molar-refractivity contribution is 7.80. The Kier molecular flexibility index (Phi) is 25.7. The van der Waals surface area contributed by atoms with Crippen molar-refractivity contribution in [3.05, 3.63) is 12.2 Å². The maximum atomic E-state index is 12.9. The molecule has 1 fully saturated rings. The molecule has 0 aromatic heterocycles. The number of ether oxygens (including phenoxy) is 2. The Morgan fingerprint density at radius 2 is 1.33 bits per heavy atom. The maximum Gasteiger partial charge on any atom is 0.397 e. The first-order chi connectivity index (χ1) is 23.4. The fourth-order valence-electron chi connectivity index (χ4n) is 5.87. The standard InChI is InChI=1S/C35H67NO12S/c1-3-5-7-9-11-13-14-16-18-20-22-24-29(39)34(42)36-27(28(38)23-21-19-17-15-12-10-8-6-4-2)26-46-35-32(41)33(48-49(43,44)45)31(40)30(25-37)47-35/h21,23,27-33,35,37-41H,3-20,22,24-26H2,1-2H3,(H,36,42)(H,43,44,45)/b23-21+. The number of allylic oxidation sites excluding steroid dienone is 1. The number of hydrogen-bond acceptors (Lipinski definition) is 11. The van der Waals surface area contributed by atoms with Crippen LogP contribution in [0.3, 0.4) is 0 Å². The molecule has 13 nitrogen and oxygen atoms in total. The molecular weight excluding hydrogens is 658 g/mol. The van der Waals surface area contributed by atoms with E-state index in [4.69, 9.17) is 14.0 Å². The largest absolute Gasteiger partial charge is 0.397 e. The van der Waals surface area contributed by atoms with Crippen molar-refractivity contribution in [1.29, 1.82) is 0 Å². The molecule has 0 aliphatic carbocycles. The van der Waals surface area contributed by atoms with E-state index in [0.717, 1.165) is 38.5 Å². The molecule has 1 aliphatic rings. The summed E-state index contributed by atoms with van der Waals surface area (Å²) in [6.45, 7) is 3.12. The van der Waals surface area contributed by atoms with E-state index in [1.807, 2.05) is 0 Å². The van der Waals surface area contributed by atoms with Crippen molar-refractivity contribution < 1.29 is 57.0 Å². The van der Waals surface area contributed by atoms with Gasteiger partial charge in [0.25, 0.3) is 0 Å². The van der Waals surface area contributed by atoms with E-state index in [2.05, 4.69) is 23.3 Å². The minimum absolute atomic E-state index is 0.246. The van der Waals surface area contributed by atoms with Gasteiger partial charge in [-0.3, -0.25) is 9.35 Å². The van der Waals surface area contributed by atoms with Crippen LogP contribution in [0, 0.1) is 0 Å². The molecule has 1 saturated heterocycles. The Morgan fingerprint density at radius 1 is 0.816 bits per heavy atom. The molecule has 0 bridgehead atoms. The molecule has 0 radical (unpaired) electrons. The van der Waals surface area contributed by atoms with E-state index in [1.54, 1.807) is 6.08 Å². The van der Waals surface area contributed by atoms with Crippen molar-refractivity contribution in [3.63, 3.8) is 0 Å². The lowest BCUT2D eigenvalue weighted by Crippen LogP contribution is -2.61. The van der Waals surface area contributed by atoms with Gasteiger partial charge in [-0.1, -0.05) is 135 Å². The maximum absolute atomic E-state index is 12.9. The zero-order valence-electron chi connectivity index (χ0n) is 29.9. The predicted molar refractivity (Wildman–Crippen MR) is 187 cm³/mol. The van der Waals surface area contributed by atoms with Gasteiger partial charge in [-0.15, -0.1) is 0 Å². The Labute approximate surface area is 294 Å². The summed E-state index contributed by atoms with van der Waals surface area (Å²) in [6.07, 6.45) is 13.3. The van der Waals surface area contributed by atoms with Gasteiger partial charge in [0.1, 0.15) is 30.5 Å². The molecule has 1 amide bonds. The average molecular weight is 726 g/mol. The van der Waals surface area contributed by atoms with Crippen LogP contribution >= 0.6 is 0 Å². The first-order valence-electron chi connectivity index (χ1n) is 18.7. The Hall–Kier alpha value is -1.20. The number of carbonyl (C=O) groups excluding carboxylic acids is 1. The second-order valence-electron chi connectivity index (χ2n) is 13.3. The van der Waals surface area contributed by atoms with Gasteiger partial charge in [0.2, 0.25) is 5.91 Å². The van der Waals surface area contributed by atoms with E-state index in [0.29, 0.717) is 12.8 Å². The van der Waals surface area contributed by atoms with E-state index in [9.17, 15) is 38.7 Å². The van der Waals surface area contributed by atoms with Crippen LogP contribution in [-0.2, 0) is 28.9 Å². The summed E-state index contributed by atoms with van der Waals surface area (Å²) in [7, 11) is -5.11. The van der Waals surface area contributed by atoms with Gasteiger partial charge in [0.05, 0.1) is 25.4 Å². The summed E-state index contributed by atoms with van der Waals surface area (Å²) < 4.78 is 47.1. The first kappa shape index (κ1) is 45.8. The molecule has 0 aromatic carbocycles. The van der Waals surface area contributed by atoms with Gasteiger partial charge >= 0.3 is 10.4 Å². The smallest absolute Gasteiger partial charge is 0.394 e. The number of amides is 1. The average Bonchev–Trinajstić information content (AvgIpc) is 3.06. The summed E-state index contributed by atoms with van der Waals surface area (Å²) in [5.41, 5.74) is 0. The number of aliphatic hydroxyl groups is 5. The molecule has 0 saturated carbocycles. The third-order valence-corrected chi connectivity index (χ3v) is 9.39. The van der Waals surface area contributed by atoms with Gasteiger partial charge in [-0.05, 0) is 19.3 Å². The summed E-state index contributed by atoms with van der Waals surface area (Å²) in [5.74, 6) is -0.707. The van der Waals surface area contributed by atoms with Gasteiger partial charge in [0, 0.05) is 0 Å². The number of nitrogens with one attached hydrogen (secondary N) is 1. The lowest BCUT2D eigenvalue weighted by atomic mass is 9.99. The van der Waals surface area contributed by atoms with Crippen LogP contribution in [0.4, 0.5) is 0 Å². The summed E-state index contributed by atoms with van der Waals surface area (Å²) >= 11 is 0. The van der Waals surface area contributed by atoms with Crippen molar-refractivity contribution in [3.8, 4) is 0 Å². The van der Waals surface area contributed by atoms with Crippen molar-refractivity contribution in [1.82, 2.24) is 5.32 Å². The highest BCUT2D eigenvalue weighted by Crippen LogP contribution is 2.26. The highest BCUT2D eigenvalue weighted by atomic mass is 32.3. The van der Waals surface area contributed by atoms with Crippen LogP contribution in [0.25, 0.3) is 0 Å². The van der Waals surface area contributed by atoms with Gasteiger partial charge in [-0.2, -0.15) is 8.42 Å². The lowest BCUT2D eigenvalue weighted by molar-refractivity contribution is -0.298. The zero-order chi connectivity index (χ0) is 36.5. The highest BCUT2D eigenvalue weighted by Gasteiger charge is 2.48. The van der Waals surface area contributed by atoms with E-state index in [1.165, 1.54) is 76.7 Å². The van der Waals surface area contributed by atoms with Crippen LogP contribution in [0.15, 0.2) is 12.2 Å². The number of aliphatic hydroxyl groups excluding tert-OH is 5. The van der Waals surface area contributed by atoms with Crippen LogP contribution in [-0.4, -0.2) is 107 Å². The van der Waals surface area contributed by atoms with Gasteiger partial charge in [-0.25, -0.2) is 4.18 Å². The molecule has 1 aliphatic heterocycles. The molecule has 14 heteroatoms. The first-order valence-corrected chi connectivity index (χ1v) is 20.0. The molecule has 8 atom stereocenters. The SMILES string of the molecule is CCCCCCCCC/C=C/C(O)C(COC1OC(CO)C(O)C(OS(=O)(=O)O)C1O)NC(=O)C(O)CCCCCCCCCCCCC. The molecule has 0 spiro atoms. The second kappa shape index (κ2) is 27.5. The number of unbranched alkanes of at least 4 members (excludes halogenated alkanes) is 17. The molecule has 1 heterocycles. The Morgan fingerprint density at radius 3 is 1.84 bits per heavy atom. The molecule has 49 heavy (non-hydrogen) atoms. The molecule has 0 aromatic rings. The predicted octanol–water partition coefficient (Wildman–Crippen LogP) is 4.23. The Balaban J connectivity index is 2.73. The second-order valence-corrected chi connectivity index (χ2v) is 14.4. The minimum atomic E-state index is -5.11. The van der Waals surface area contributed by atoms with Crippen LogP contribution in [0.2, 0.25) is 0 Å². The van der Waals surface area contributed by atoms with Gasteiger partial charge in [0.15, 0.2) is 6.29 Å². The number of rotatable bonds is 30.